The lowest BCUT2D eigenvalue weighted by molar-refractivity contribution is -0.144. The van der Waals surface area contributed by atoms with E-state index in [9.17, 15) is 18.3 Å². The van der Waals surface area contributed by atoms with Crippen molar-refractivity contribution < 1.29 is 23.3 Å². The fourth-order valence-electron chi connectivity index (χ4n) is 2.57. The lowest BCUT2D eigenvalue weighted by Crippen LogP contribution is -2.55. The molecule has 0 aromatic heterocycles. The second-order valence-electron chi connectivity index (χ2n) is 5.56. The minimum atomic E-state index is -3.75. The summed E-state index contributed by atoms with van der Waals surface area (Å²) in [6.07, 6.45) is 1.61. The van der Waals surface area contributed by atoms with E-state index in [4.69, 9.17) is 10.8 Å². The molecule has 0 bridgehead atoms. The zero-order valence-corrected chi connectivity index (χ0v) is 13.6. The van der Waals surface area contributed by atoms with Crippen molar-refractivity contribution in [3.8, 4) is 0 Å². The van der Waals surface area contributed by atoms with Gasteiger partial charge in [-0.05, 0) is 13.5 Å². The van der Waals surface area contributed by atoms with Crippen LogP contribution in [0.25, 0.3) is 0 Å². The van der Waals surface area contributed by atoms with E-state index in [1.165, 1.54) is 0 Å². The molecule has 0 saturated carbocycles. The molecule has 1 aliphatic rings. The SMILES string of the molecule is CNCCNS(=O)(=O)N1C[C@H](CCCBO)[C@](N)(C(=O)O)C1. The summed E-state index contributed by atoms with van der Waals surface area (Å²) in [5.41, 5.74) is 4.37. The van der Waals surface area contributed by atoms with Crippen LogP contribution in [0.2, 0.25) is 6.32 Å². The van der Waals surface area contributed by atoms with E-state index in [2.05, 4.69) is 10.0 Å². The highest BCUT2D eigenvalue weighted by Gasteiger charge is 2.52. The van der Waals surface area contributed by atoms with E-state index in [1.54, 1.807) is 7.05 Å². The standard InChI is InChI=1S/C11H25BN4O5S/c1-14-5-6-15-22(20,21)16-7-9(3-2-4-12-19)11(13,8-16)10(17)18/h9,12,14-15,19H,2-8,13H2,1H3,(H,17,18)/t9-,11-/m0/s1. The molecule has 0 amide bonds. The monoisotopic (exact) mass is 336 g/mol. The highest BCUT2D eigenvalue weighted by molar-refractivity contribution is 7.87. The number of carbonyl (C=O) groups is 1. The fourth-order valence-corrected chi connectivity index (χ4v) is 3.87. The maximum absolute atomic E-state index is 12.2. The van der Waals surface area contributed by atoms with Gasteiger partial charge < -0.3 is 21.2 Å². The van der Waals surface area contributed by atoms with Gasteiger partial charge in [-0.25, -0.2) is 4.72 Å². The Morgan fingerprint density at radius 2 is 2.18 bits per heavy atom. The molecule has 22 heavy (non-hydrogen) atoms. The fraction of sp³-hybridized carbons (Fsp3) is 0.909. The van der Waals surface area contributed by atoms with Crippen LogP contribution in [0.4, 0.5) is 0 Å². The van der Waals surface area contributed by atoms with Crippen LogP contribution < -0.4 is 15.8 Å². The van der Waals surface area contributed by atoms with Crippen LogP contribution in [-0.4, -0.2) is 75.1 Å². The molecular formula is C11H25BN4O5S. The summed E-state index contributed by atoms with van der Waals surface area (Å²) >= 11 is 0. The predicted octanol–water partition coefficient (Wildman–Crippen LogP) is -2.70. The largest absolute Gasteiger partial charge is 0.480 e. The molecule has 0 spiro atoms. The first-order valence-electron chi connectivity index (χ1n) is 7.30. The molecule has 0 unspecified atom stereocenters. The number of nitrogens with zero attached hydrogens (tertiary/aromatic N) is 1. The Morgan fingerprint density at radius 3 is 2.73 bits per heavy atom. The number of nitrogens with one attached hydrogen (secondary N) is 2. The second kappa shape index (κ2) is 8.23. The Balaban J connectivity index is 2.78. The molecule has 1 rings (SSSR count). The predicted molar refractivity (Wildman–Crippen MR) is 83.9 cm³/mol. The van der Waals surface area contributed by atoms with Crippen LogP contribution in [0.1, 0.15) is 12.8 Å². The number of likely N-dealkylation sites (N-methyl/N-ethyl adjacent to an activating group) is 1. The van der Waals surface area contributed by atoms with Gasteiger partial charge >= 0.3 is 5.97 Å². The molecule has 0 aromatic carbocycles. The summed E-state index contributed by atoms with van der Waals surface area (Å²) in [4.78, 5) is 11.5. The molecule has 6 N–H and O–H groups in total. The highest BCUT2D eigenvalue weighted by atomic mass is 32.2. The van der Waals surface area contributed by atoms with Crippen molar-refractivity contribution in [3.05, 3.63) is 0 Å². The number of hydrogen-bond acceptors (Lipinski definition) is 6. The molecule has 0 aliphatic carbocycles. The van der Waals surface area contributed by atoms with Crippen LogP contribution in [0.15, 0.2) is 0 Å². The third kappa shape index (κ3) is 4.64. The van der Waals surface area contributed by atoms with Crippen LogP contribution in [0, 0.1) is 5.92 Å². The van der Waals surface area contributed by atoms with Gasteiger partial charge in [0.15, 0.2) is 0 Å². The molecule has 1 saturated heterocycles. The van der Waals surface area contributed by atoms with Crippen molar-refractivity contribution in [3.63, 3.8) is 0 Å². The van der Waals surface area contributed by atoms with Crippen molar-refractivity contribution in [2.24, 2.45) is 11.7 Å². The number of aliphatic carboxylic acids is 1. The average Bonchev–Trinajstić information content (AvgIpc) is 2.79. The summed E-state index contributed by atoms with van der Waals surface area (Å²) in [5, 5.41) is 21.0. The van der Waals surface area contributed by atoms with Crippen molar-refractivity contribution in [2.75, 3.05) is 33.2 Å². The summed E-state index contributed by atoms with van der Waals surface area (Å²) in [7, 11) is -2.03. The first kappa shape index (κ1) is 19.3. The number of rotatable bonds is 10. The molecular weight excluding hydrogens is 311 g/mol. The Bertz CT molecular complexity index is 477. The van der Waals surface area contributed by atoms with E-state index in [-0.39, 0.29) is 27.1 Å². The Labute approximate surface area is 131 Å². The third-order valence-electron chi connectivity index (χ3n) is 3.95. The maximum Gasteiger partial charge on any atom is 0.325 e. The average molecular weight is 336 g/mol. The Morgan fingerprint density at radius 1 is 1.50 bits per heavy atom. The van der Waals surface area contributed by atoms with Gasteiger partial charge in [-0.3, -0.25) is 4.79 Å². The minimum absolute atomic E-state index is 0.0188. The first-order chi connectivity index (χ1) is 10.3. The summed E-state index contributed by atoms with van der Waals surface area (Å²) in [6, 6.07) is 0. The van der Waals surface area contributed by atoms with Gasteiger partial charge in [0, 0.05) is 32.1 Å². The quantitative estimate of drug-likeness (QED) is 0.215. The lowest BCUT2D eigenvalue weighted by atomic mass is 9.82. The molecule has 0 aromatic rings. The lowest BCUT2D eigenvalue weighted by Gasteiger charge is -2.25. The smallest absolute Gasteiger partial charge is 0.325 e. The van der Waals surface area contributed by atoms with Crippen molar-refractivity contribution >= 4 is 23.7 Å². The number of hydrogen-bond donors (Lipinski definition) is 5. The van der Waals surface area contributed by atoms with Gasteiger partial charge in [-0.1, -0.05) is 12.7 Å². The van der Waals surface area contributed by atoms with Gasteiger partial charge in [0.25, 0.3) is 17.7 Å². The van der Waals surface area contributed by atoms with Crippen LogP contribution in [0.5, 0.6) is 0 Å². The number of carboxylic acids is 1. The van der Waals surface area contributed by atoms with Crippen molar-refractivity contribution in [2.45, 2.75) is 24.7 Å². The van der Waals surface area contributed by atoms with E-state index < -0.39 is 27.6 Å². The van der Waals surface area contributed by atoms with Gasteiger partial charge in [-0.15, -0.1) is 0 Å². The van der Waals surface area contributed by atoms with Gasteiger partial charge in [0.2, 0.25) is 0 Å². The summed E-state index contributed by atoms with van der Waals surface area (Å²) in [6.45, 7) is 0.513. The molecule has 1 fully saturated rings. The van der Waals surface area contributed by atoms with Crippen LogP contribution >= 0.6 is 0 Å². The third-order valence-corrected chi connectivity index (χ3v) is 5.48. The molecule has 128 valence electrons. The van der Waals surface area contributed by atoms with Gasteiger partial charge in [-0.2, -0.15) is 12.7 Å². The Hall–Kier alpha value is -0.715. The van der Waals surface area contributed by atoms with Crippen molar-refractivity contribution in [1.82, 2.24) is 14.3 Å². The van der Waals surface area contributed by atoms with Gasteiger partial charge in [0.1, 0.15) is 5.54 Å². The number of carboxylic acid groups (broad SMARTS) is 1. The maximum atomic E-state index is 12.2. The molecule has 1 heterocycles. The van der Waals surface area contributed by atoms with Crippen molar-refractivity contribution in [1.29, 1.82) is 0 Å². The zero-order valence-electron chi connectivity index (χ0n) is 12.8. The molecule has 2 atom stereocenters. The minimum Gasteiger partial charge on any atom is -0.480 e. The molecule has 11 heteroatoms. The normalized spacial score (nSPS) is 26.2. The number of nitrogens with two attached hydrogens (primary N) is 1. The van der Waals surface area contributed by atoms with Crippen LogP contribution in [0.3, 0.4) is 0 Å². The molecule has 0 radical (unpaired) electrons. The topological polar surface area (TPSA) is 145 Å². The van der Waals surface area contributed by atoms with Gasteiger partial charge in [0.05, 0.1) is 0 Å². The Kier molecular flexibility index (Phi) is 7.23. The highest BCUT2D eigenvalue weighted by Crippen LogP contribution is 2.31. The van der Waals surface area contributed by atoms with Crippen LogP contribution in [-0.2, 0) is 15.0 Å². The second-order valence-corrected chi connectivity index (χ2v) is 7.31. The van der Waals surface area contributed by atoms with E-state index in [0.29, 0.717) is 25.7 Å². The summed E-state index contributed by atoms with van der Waals surface area (Å²) in [5.74, 6) is -1.67. The summed E-state index contributed by atoms with van der Waals surface area (Å²) < 4.78 is 27.9. The van der Waals surface area contributed by atoms with E-state index >= 15 is 0 Å². The molecule has 1 aliphatic heterocycles. The zero-order chi connectivity index (χ0) is 16.8. The van der Waals surface area contributed by atoms with E-state index in [1.807, 2.05) is 0 Å². The van der Waals surface area contributed by atoms with E-state index in [0.717, 1.165) is 4.31 Å². The molecule has 9 nitrogen and oxygen atoms in total. The first-order valence-corrected chi connectivity index (χ1v) is 8.74.